The van der Waals surface area contributed by atoms with Crippen LogP contribution in [0.5, 0.6) is 5.75 Å². The molecule has 2 nitrogen and oxygen atoms in total. The van der Waals surface area contributed by atoms with E-state index in [0.29, 0.717) is 12.2 Å². The average Bonchev–Trinajstić information content (AvgIpc) is 3.09. The fourth-order valence-corrected chi connectivity index (χ4v) is 2.50. The van der Waals surface area contributed by atoms with Gasteiger partial charge in [0.15, 0.2) is 0 Å². The van der Waals surface area contributed by atoms with Crippen molar-refractivity contribution in [1.29, 1.82) is 0 Å². The highest BCUT2D eigenvalue weighted by atomic mass is 16.6. The van der Waals surface area contributed by atoms with Crippen LogP contribution in [0, 0.1) is 0 Å². The van der Waals surface area contributed by atoms with Crippen LogP contribution < -0.4 is 4.74 Å². The van der Waals surface area contributed by atoms with E-state index in [4.69, 9.17) is 9.47 Å². The van der Waals surface area contributed by atoms with Crippen LogP contribution in [-0.4, -0.2) is 18.8 Å². The number of rotatable bonds is 6. The highest BCUT2D eigenvalue weighted by Crippen LogP contribution is 2.33. The Morgan fingerprint density at radius 2 is 1.95 bits per heavy atom. The minimum Gasteiger partial charge on any atom is -0.493 e. The number of hydrogen-bond donors (Lipinski definition) is 0. The Morgan fingerprint density at radius 1 is 1.25 bits per heavy atom. The van der Waals surface area contributed by atoms with E-state index in [0.717, 1.165) is 31.6 Å². The Morgan fingerprint density at radius 3 is 2.50 bits per heavy atom. The van der Waals surface area contributed by atoms with E-state index in [1.54, 1.807) is 0 Å². The Balaban J connectivity index is 2.10. The maximum atomic E-state index is 5.90. The summed E-state index contributed by atoms with van der Waals surface area (Å²) in [6, 6.07) is 6.66. The third-order valence-corrected chi connectivity index (χ3v) is 3.87. The molecule has 20 heavy (non-hydrogen) atoms. The van der Waals surface area contributed by atoms with E-state index in [1.807, 2.05) is 0 Å². The van der Waals surface area contributed by atoms with Crippen molar-refractivity contribution < 1.29 is 9.47 Å². The summed E-state index contributed by atoms with van der Waals surface area (Å²) >= 11 is 0. The van der Waals surface area contributed by atoms with Gasteiger partial charge in [0.2, 0.25) is 0 Å². The number of aryl methyl sites for hydroxylation is 1. The fourth-order valence-electron chi connectivity index (χ4n) is 2.50. The summed E-state index contributed by atoms with van der Waals surface area (Å²) < 4.78 is 11.4. The number of ether oxygens (including phenoxy) is 2. The lowest BCUT2D eigenvalue weighted by atomic mass is 9.85. The van der Waals surface area contributed by atoms with E-state index in [1.165, 1.54) is 11.1 Å². The van der Waals surface area contributed by atoms with E-state index in [2.05, 4.69) is 52.8 Å². The molecule has 1 heterocycles. The van der Waals surface area contributed by atoms with Crippen molar-refractivity contribution >= 4 is 0 Å². The van der Waals surface area contributed by atoms with E-state index < -0.39 is 0 Å². The van der Waals surface area contributed by atoms with Gasteiger partial charge in [-0.3, -0.25) is 0 Å². The van der Waals surface area contributed by atoms with Crippen molar-refractivity contribution in [2.75, 3.05) is 6.61 Å². The van der Waals surface area contributed by atoms with E-state index >= 15 is 0 Å². The molecule has 1 fully saturated rings. The summed E-state index contributed by atoms with van der Waals surface area (Å²) in [5.74, 6) is 1.04. The van der Waals surface area contributed by atoms with Gasteiger partial charge in [-0.05, 0) is 48.8 Å². The number of benzene rings is 1. The van der Waals surface area contributed by atoms with Crippen LogP contribution in [0.25, 0.3) is 0 Å². The third kappa shape index (κ3) is 3.99. The molecular formula is C18H28O2. The molecule has 1 aliphatic heterocycles. The van der Waals surface area contributed by atoms with Crippen molar-refractivity contribution in [3.63, 3.8) is 0 Å². The third-order valence-electron chi connectivity index (χ3n) is 3.87. The van der Waals surface area contributed by atoms with Crippen LogP contribution in [0.15, 0.2) is 18.2 Å². The quantitative estimate of drug-likeness (QED) is 0.714. The summed E-state index contributed by atoms with van der Waals surface area (Å²) in [6.45, 7) is 11.8. The van der Waals surface area contributed by atoms with Crippen LogP contribution in [-0.2, 0) is 16.6 Å². The van der Waals surface area contributed by atoms with Gasteiger partial charge in [0.25, 0.3) is 0 Å². The monoisotopic (exact) mass is 276 g/mol. The van der Waals surface area contributed by atoms with Crippen LogP contribution >= 0.6 is 0 Å². The first-order chi connectivity index (χ1) is 9.41. The standard InChI is InChI=1S/C18H28O2/c1-6-11-19-17-10-8-14(7-9-16-13(2)20-16)12-15(17)18(3,4)5/h8,10,12-13,16H,6-7,9,11H2,1-5H3. The van der Waals surface area contributed by atoms with Gasteiger partial charge < -0.3 is 9.47 Å². The first-order valence-electron chi connectivity index (χ1n) is 7.83. The molecule has 2 rings (SSSR count). The van der Waals surface area contributed by atoms with Crippen LogP contribution in [0.1, 0.15) is 58.6 Å². The molecular weight excluding hydrogens is 248 g/mol. The molecule has 2 heteroatoms. The lowest BCUT2D eigenvalue weighted by Gasteiger charge is -2.23. The molecule has 0 aromatic heterocycles. The second-order valence-corrected chi connectivity index (χ2v) is 6.85. The van der Waals surface area contributed by atoms with Crippen molar-refractivity contribution in [3.8, 4) is 5.75 Å². The Labute approximate surface area is 123 Å². The Hall–Kier alpha value is -1.02. The van der Waals surface area contributed by atoms with Gasteiger partial charge in [0, 0.05) is 0 Å². The molecule has 0 amide bonds. The smallest absolute Gasteiger partial charge is 0.123 e. The summed E-state index contributed by atoms with van der Waals surface area (Å²) in [7, 11) is 0. The topological polar surface area (TPSA) is 21.8 Å². The van der Waals surface area contributed by atoms with Crippen LogP contribution in [0.2, 0.25) is 0 Å². The molecule has 1 aliphatic rings. The summed E-state index contributed by atoms with van der Waals surface area (Å²) in [5.41, 5.74) is 2.82. The van der Waals surface area contributed by atoms with Crippen molar-refractivity contribution in [1.82, 2.24) is 0 Å². The zero-order chi connectivity index (χ0) is 14.8. The van der Waals surface area contributed by atoms with Crippen LogP contribution in [0.3, 0.4) is 0 Å². The molecule has 0 saturated carbocycles. The zero-order valence-electron chi connectivity index (χ0n) is 13.5. The highest BCUT2D eigenvalue weighted by Gasteiger charge is 2.33. The summed E-state index contributed by atoms with van der Waals surface area (Å²) in [5, 5.41) is 0. The first-order valence-corrected chi connectivity index (χ1v) is 7.83. The lowest BCUT2D eigenvalue weighted by Crippen LogP contribution is -2.14. The highest BCUT2D eigenvalue weighted by molar-refractivity contribution is 5.41. The van der Waals surface area contributed by atoms with Crippen LogP contribution in [0.4, 0.5) is 0 Å². The minimum absolute atomic E-state index is 0.114. The van der Waals surface area contributed by atoms with Crippen molar-refractivity contribution in [3.05, 3.63) is 29.3 Å². The second-order valence-electron chi connectivity index (χ2n) is 6.85. The molecule has 1 saturated heterocycles. The zero-order valence-corrected chi connectivity index (χ0v) is 13.5. The summed E-state index contributed by atoms with van der Waals surface area (Å²) in [6.07, 6.45) is 4.20. The minimum atomic E-state index is 0.114. The molecule has 0 N–H and O–H groups in total. The SMILES string of the molecule is CCCOc1ccc(CCC2OC2C)cc1C(C)(C)C. The first kappa shape index (κ1) is 15.4. The van der Waals surface area contributed by atoms with Crippen molar-refractivity contribution in [2.45, 2.75) is 71.5 Å². The number of epoxide rings is 1. The molecule has 0 aliphatic carbocycles. The second kappa shape index (κ2) is 6.17. The van der Waals surface area contributed by atoms with Gasteiger partial charge in [-0.2, -0.15) is 0 Å². The maximum Gasteiger partial charge on any atom is 0.123 e. The molecule has 0 bridgehead atoms. The predicted octanol–water partition coefficient (Wildman–Crippen LogP) is 4.49. The van der Waals surface area contributed by atoms with Gasteiger partial charge >= 0.3 is 0 Å². The maximum absolute atomic E-state index is 5.90. The van der Waals surface area contributed by atoms with Gasteiger partial charge in [0.05, 0.1) is 18.8 Å². The van der Waals surface area contributed by atoms with E-state index in [-0.39, 0.29) is 5.41 Å². The van der Waals surface area contributed by atoms with Gasteiger partial charge in [-0.25, -0.2) is 0 Å². The van der Waals surface area contributed by atoms with Gasteiger partial charge in [-0.15, -0.1) is 0 Å². The molecule has 112 valence electrons. The predicted molar refractivity (Wildman–Crippen MR) is 83.6 cm³/mol. The molecule has 0 radical (unpaired) electrons. The lowest BCUT2D eigenvalue weighted by molar-refractivity contribution is 0.308. The fraction of sp³-hybridized carbons (Fsp3) is 0.667. The van der Waals surface area contributed by atoms with Gasteiger partial charge in [0.1, 0.15) is 5.75 Å². The van der Waals surface area contributed by atoms with E-state index in [9.17, 15) is 0 Å². The van der Waals surface area contributed by atoms with Crippen molar-refractivity contribution in [2.24, 2.45) is 0 Å². The molecule has 2 unspecified atom stereocenters. The van der Waals surface area contributed by atoms with Gasteiger partial charge in [-0.1, -0.05) is 39.8 Å². The normalized spacial score (nSPS) is 21.9. The largest absolute Gasteiger partial charge is 0.493 e. The molecule has 0 spiro atoms. The Bertz CT molecular complexity index is 445. The average molecular weight is 276 g/mol. The Kier molecular flexibility index (Phi) is 4.74. The molecule has 2 atom stereocenters. The number of hydrogen-bond acceptors (Lipinski definition) is 2. The summed E-state index contributed by atoms with van der Waals surface area (Å²) in [4.78, 5) is 0. The molecule has 1 aromatic rings. The molecule has 1 aromatic carbocycles.